The zero-order valence-corrected chi connectivity index (χ0v) is 12.6. The van der Waals surface area contributed by atoms with E-state index in [1.165, 1.54) is 0 Å². The van der Waals surface area contributed by atoms with E-state index in [9.17, 15) is 4.79 Å². The summed E-state index contributed by atoms with van der Waals surface area (Å²) in [6.07, 6.45) is 0.254. The maximum Gasteiger partial charge on any atom is 0.171 e. The number of para-hydroxylation sites is 1. The fourth-order valence-electron chi connectivity index (χ4n) is 1.97. The Labute approximate surface area is 129 Å². The number of rotatable bonds is 7. The van der Waals surface area contributed by atoms with E-state index in [2.05, 4.69) is 0 Å². The van der Waals surface area contributed by atoms with E-state index >= 15 is 0 Å². The molecule has 0 saturated heterocycles. The summed E-state index contributed by atoms with van der Waals surface area (Å²) in [4.78, 5) is 12.4. The highest BCUT2D eigenvalue weighted by molar-refractivity contribution is 6.31. The minimum atomic E-state index is -0.0175. The van der Waals surface area contributed by atoms with Crippen LogP contribution in [0.5, 0.6) is 5.75 Å². The van der Waals surface area contributed by atoms with Gasteiger partial charge in [0.15, 0.2) is 5.78 Å². The van der Waals surface area contributed by atoms with Crippen LogP contribution in [0.2, 0.25) is 5.02 Å². The molecule has 0 radical (unpaired) electrons. The molecule has 0 N–H and O–H groups in total. The molecule has 0 aliphatic rings. The molecule has 0 aliphatic carbocycles. The lowest BCUT2D eigenvalue weighted by Crippen LogP contribution is -2.10. The molecule has 3 nitrogen and oxygen atoms in total. The van der Waals surface area contributed by atoms with E-state index in [1.807, 2.05) is 30.3 Å². The van der Waals surface area contributed by atoms with Gasteiger partial charge in [0.1, 0.15) is 12.4 Å². The van der Waals surface area contributed by atoms with E-state index in [1.54, 1.807) is 25.3 Å². The molecule has 0 bridgehead atoms. The second-order valence-electron chi connectivity index (χ2n) is 4.53. The minimum Gasteiger partial charge on any atom is -0.490 e. The first kappa shape index (κ1) is 15.5. The highest BCUT2D eigenvalue weighted by Gasteiger charge is 2.14. The molecule has 0 amide bonds. The van der Waals surface area contributed by atoms with Gasteiger partial charge >= 0.3 is 0 Å². The number of hydrogen-bond donors (Lipinski definition) is 0. The number of methoxy groups -OCH3 is 1. The zero-order chi connectivity index (χ0) is 15.1. The third-order valence-electron chi connectivity index (χ3n) is 3.04. The van der Waals surface area contributed by atoms with Crippen molar-refractivity contribution >= 4 is 17.4 Å². The van der Waals surface area contributed by atoms with E-state index in [0.717, 1.165) is 5.56 Å². The molecule has 0 saturated carbocycles. The molecule has 0 atom stereocenters. The van der Waals surface area contributed by atoms with Gasteiger partial charge in [-0.3, -0.25) is 4.79 Å². The molecule has 21 heavy (non-hydrogen) atoms. The third-order valence-corrected chi connectivity index (χ3v) is 3.41. The van der Waals surface area contributed by atoms with E-state index in [0.29, 0.717) is 29.5 Å². The first-order valence-corrected chi connectivity index (χ1v) is 7.07. The van der Waals surface area contributed by atoms with Crippen molar-refractivity contribution in [1.82, 2.24) is 0 Å². The molecular formula is C17H17ClO3. The summed E-state index contributed by atoms with van der Waals surface area (Å²) in [6, 6.07) is 14.6. The van der Waals surface area contributed by atoms with Gasteiger partial charge in [-0.2, -0.15) is 0 Å². The fraction of sp³-hybridized carbons (Fsp3) is 0.235. The van der Waals surface area contributed by atoms with Crippen LogP contribution >= 0.6 is 11.6 Å². The van der Waals surface area contributed by atoms with Crippen LogP contribution < -0.4 is 4.74 Å². The molecule has 2 aromatic rings. The van der Waals surface area contributed by atoms with Crippen molar-refractivity contribution in [2.75, 3.05) is 20.3 Å². The van der Waals surface area contributed by atoms with Crippen molar-refractivity contribution in [3.8, 4) is 5.75 Å². The Morgan fingerprint density at radius 3 is 2.52 bits per heavy atom. The molecule has 0 heterocycles. The lowest BCUT2D eigenvalue weighted by molar-refractivity contribution is 0.0985. The number of ether oxygens (including phenoxy) is 2. The van der Waals surface area contributed by atoms with Crippen molar-refractivity contribution < 1.29 is 14.3 Å². The number of ketones is 1. The maximum absolute atomic E-state index is 12.4. The highest BCUT2D eigenvalue weighted by Crippen LogP contribution is 2.22. The van der Waals surface area contributed by atoms with E-state index in [4.69, 9.17) is 21.1 Å². The Hall–Kier alpha value is -1.84. The Balaban J connectivity index is 2.13. The lowest BCUT2D eigenvalue weighted by atomic mass is 10.0. The smallest absolute Gasteiger partial charge is 0.171 e. The van der Waals surface area contributed by atoms with Gasteiger partial charge in [0.05, 0.1) is 12.2 Å². The first-order chi connectivity index (χ1) is 10.2. The van der Waals surface area contributed by atoms with Gasteiger partial charge in [-0.15, -0.1) is 0 Å². The standard InChI is InChI=1S/C17H17ClO3/c1-20-10-11-21-17-9-5-3-7-14(17)16(19)12-13-6-2-4-8-15(13)18/h2-9H,10-12H2,1H3. The van der Waals surface area contributed by atoms with Gasteiger partial charge < -0.3 is 9.47 Å². The zero-order valence-electron chi connectivity index (χ0n) is 11.8. The van der Waals surface area contributed by atoms with Crippen molar-refractivity contribution in [2.45, 2.75) is 6.42 Å². The largest absolute Gasteiger partial charge is 0.490 e. The molecule has 0 aromatic heterocycles. The average molecular weight is 305 g/mol. The number of carbonyl (C=O) groups is 1. The minimum absolute atomic E-state index is 0.0175. The molecule has 0 aliphatic heterocycles. The van der Waals surface area contributed by atoms with Crippen LogP contribution in [0.1, 0.15) is 15.9 Å². The fourth-order valence-corrected chi connectivity index (χ4v) is 2.17. The first-order valence-electron chi connectivity index (χ1n) is 6.69. The number of carbonyl (C=O) groups excluding carboxylic acids is 1. The SMILES string of the molecule is COCCOc1ccccc1C(=O)Cc1ccccc1Cl. The second-order valence-corrected chi connectivity index (χ2v) is 4.94. The topological polar surface area (TPSA) is 35.5 Å². The van der Waals surface area contributed by atoms with E-state index < -0.39 is 0 Å². The Kier molecular flexibility index (Phi) is 5.78. The third kappa shape index (κ3) is 4.31. The average Bonchev–Trinajstić information content (AvgIpc) is 2.50. The Morgan fingerprint density at radius 2 is 1.76 bits per heavy atom. The summed E-state index contributed by atoms with van der Waals surface area (Å²) in [5, 5.41) is 0.601. The van der Waals surface area contributed by atoms with Gasteiger partial charge in [0, 0.05) is 18.6 Å². The van der Waals surface area contributed by atoms with Crippen LogP contribution in [-0.4, -0.2) is 26.1 Å². The molecule has 0 fully saturated rings. The monoisotopic (exact) mass is 304 g/mol. The van der Waals surface area contributed by atoms with Crippen LogP contribution in [0, 0.1) is 0 Å². The quantitative estimate of drug-likeness (QED) is 0.577. The van der Waals surface area contributed by atoms with Gasteiger partial charge in [-0.25, -0.2) is 0 Å². The summed E-state index contributed by atoms with van der Waals surface area (Å²) in [5.41, 5.74) is 1.38. The van der Waals surface area contributed by atoms with Crippen molar-refractivity contribution in [2.24, 2.45) is 0 Å². The Bertz CT molecular complexity index is 610. The maximum atomic E-state index is 12.4. The van der Waals surface area contributed by atoms with Gasteiger partial charge in [-0.05, 0) is 23.8 Å². The molecular weight excluding hydrogens is 288 g/mol. The molecule has 4 heteroatoms. The second kappa shape index (κ2) is 7.81. The summed E-state index contributed by atoms with van der Waals surface area (Å²) in [5.74, 6) is 0.558. The van der Waals surface area contributed by atoms with Crippen LogP contribution in [0.3, 0.4) is 0 Å². The normalized spacial score (nSPS) is 10.4. The number of halogens is 1. The number of benzene rings is 2. The highest BCUT2D eigenvalue weighted by atomic mass is 35.5. The number of hydrogen-bond acceptors (Lipinski definition) is 3. The van der Waals surface area contributed by atoms with Crippen LogP contribution in [-0.2, 0) is 11.2 Å². The molecule has 0 spiro atoms. The summed E-state index contributed by atoms with van der Waals surface area (Å²) in [7, 11) is 1.61. The van der Waals surface area contributed by atoms with Crippen LogP contribution in [0.4, 0.5) is 0 Å². The van der Waals surface area contributed by atoms with E-state index in [-0.39, 0.29) is 12.2 Å². The predicted molar refractivity (Wildman–Crippen MR) is 83.3 cm³/mol. The predicted octanol–water partition coefficient (Wildman–Crippen LogP) is 3.79. The summed E-state index contributed by atoms with van der Waals surface area (Å²) >= 11 is 6.10. The van der Waals surface area contributed by atoms with Crippen molar-refractivity contribution in [3.63, 3.8) is 0 Å². The number of Topliss-reactive ketones (excluding diaryl/α,β-unsaturated/α-hetero) is 1. The van der Waals surface area contributed by atoms with Gasteiger partial charge in [0.25, 0.3) is 0 Å². The van der Waals surface area contributed by atoms with Crippen molar-refractivity contribution in [3.05, 3.63) is 64.7 Å². The molecule has 2 rings (SSSR count). The Morgan fingerprint density at radius 1 is 1.05 bits per heavy atom. The van der Waals surface area contributed by atoms with Crippen LogP contribution in [0.25, 0.3) is 0 Å². The van der Waals surface area contributed by atoms with Crippen LogP contribution in [0.15, 0.2) is 48.5 Å². The summed E-state index contributed by atoms with van der Waals surface area (Å²) in [6.45, 7) is 0.889. The molecule has 2 aromatic carbocycles. The molecule has 110 valence electrons. The van der Waals surface area contributed by atoms with Gasteiger partial charge in [0.2, 0.25) is 0 Å². The van der Waals surface area contributed by atoms with Gasteiger partial charge in [-0.1, -0.05) is 41.9 Å². The molecule has 0 unspecified atom stereocenters. The van der Waals surface area contributed by atoms with Crippen molar-refractivity contribution in [1.29, 1.82) is 0 Å². The summed E-state index contributed by atoms with van der Waals surface area (Å²) < 4.78 is 10.5. The lowest BCUT2D eigenvalue weighted by Gasteiger charge is -2.11.